The lowest BCUT2D eigenvalue weighted by Gasteiger charge is -2.15. The van der Waals surface area contributed by atoms with Crippen LogP contribution < -0.4 is 0 Å². The molecule has 146 valence electrons. The summed E-state index contributed by atoms with van der Waals surface area (Å²) in [7, 11) is 0. The highest BCUT2D eigenvalue weighted by molar-refractivity contribution is 8.04. The fourth-order valence-electron chi connectivity index (χ4n) is 2.81. The van der Waals surface area contributed by atoms with E-state index in [4.69, 9.17) is 16.3 Å². The second-order valence-corrected chi connectivity index (χ2v) is 7.60. The van der Waals surface area contributed by atoms with Crippen LogP contribution in [-0.2, 0) is 14.3 Å². The molecule has 0 saturated carbocycles. The summed E-state index contributed by atoms with van der Waals surface area (Å²) >= 11 is 7.14. The second kappa shape index (κ2) is 9.37. The molecule has 3 rings (SSSR count). The zero-order chi connectivity index (χ0) is 20.1. The van der Waals surface area contributed by atoms with Gasteiger partial charge in [0, 0.05) is 29.7 Å². The molecule has 2 aromatic carbocycles. The fraction of sp³-hybridized carbons (Fsp3) is 0.238. The van der Waals surface area contributed by atoms with Crippen molar-refractivity contribution in [1.29, 1.82) is 0 Å². The third-order valence-corrected chi connectivity index (χ3v) is 5.51. The van der Waals surface area contributed by atoms with E-state index in [2.05, 4.69) is 0 Å². The molecule has 0 atom stereocenters. The molecule has 0 spiro atoms. The van der Waals surface area contributed by atoms with Gasteiger partial charge in [0.25, 0.3) is 11.8 Å². The average molecular weight is 420 g/mol. The van der Waals surface area contributed by atoms with Gasteiger partial charge in [0.05, 0.1) is 10.5 Å². The number of carbonyl (C=O) groups excluding carboxylic acids is 2. The molecular weight excluding hydrogens is 401 g/mol. The molecule has 4 nitrogen and oxygen atoms in total. The van der Waals surface area contributed by atoms with Crippen LogP contribution in [0.2, 0.25) is 5.02 Å². The number of nitrogens with zero attached hydrogens (tertiary/aromatic N) is 1. The summed E-state index contributed by atoms with van der Waals surface area (Å²) in [5, 5.41) is 0.587. The molecule has 0 aromatic heterocycles. The third-order valence-electron chi connectivity index (χ3n) is 4.17. The van der Waals surface area contributed by atoms with E-state index in [9.17, 15) is 14.0 Å². The van der Waals surface area contributed by atoms with E-state index >= 15 is 0 Å². The summed E-state index contributed by atoms with van der Waals surface area (Å²) < 4.78 is 18.6. The molecular formula is C21H19ClFNO3S. The van der Waals surface area contributed by atoms with E-state index in [-0.39, 0.29) is 18.4 Å². The smallest absolute Gasteiger partial charge is 0.268 e. The highest BCUT2D eigenvalue weighted by atomic mass is 35.5. The Balaban J connectivity index is 1.92. The Kier molecular flexibility index (Phi) is 6.88. The van der Waals surface area contributed by atoms with E-state index in [1.807, 2.05) is 6.92 Å². The summed E-state index contributed by atoms with van der Waals surface area (Å²) in [6.07, 6.45) is 0.556. The zero-order valence-electron chi connectivity index (χ0n) is 15.3. The number of amides is 2. The van der Waals surface area contributed by atoms with Crippen molar-refractivity contribution in [1.82, 2.24) is 4.90 Å². The van der Waals surface area contributed by atoms with Crippen molar-refractivity contribution < 1.29 is 18.7 Å². The van der Waals surface area contributed by atoms with Crippen molar-refractivity contribution >= 4 is 40.8 Å². The lowest BCUT2D eigenvalue weighted by molar-refractivity contribution is -0.136. The number of carbonyl (C=O) groups is 2. The molecule has 1 aliphatic heterocycles. The van der Waals surface area contributed by atoms with Crippen LogP contribution >= 0.6 is 23.4 Å². The topological polar surface area (TPSA) is 46.6 Å². The fourth-order valence-corrected chi connectivity index (χ4v) is 3.95. The molecule has 28 heavy (non-hydrogen) atoms. The molecule has 2 aromatic rings. The van der Waals surface area contributed by atoms with Gasteiger partial charge in [-0.1, -0.05) is 35.5 Å². The predicted octanol–water partition coefficient (Wildman–Crippen LogP) is 4.78. The molecule has 2 amide bonds. The van der Waals surface area contributed by atoms with Crippen LogP contribution in [0.25, 0.3) is 5.57 Å². The highest BCUT2D eigenvalue weighted by Gasteiger charge is 2.39. The monoisotopic (exact) mass is 419 g/mol. The van der Waals surface area contributed by atoms with Crippen LogP contribution in [0, 0.1) is 5.82 Å². The Labute approximate surface area is 172 Å². The minimum absolute atomic E-state index is 0.271. The van der Waals surface area contributed by atoms with Crippen molar-refractivity contribution in [3.05, 3.63) is 69.8 Å². The average Bonchev–Trinajstić information content (AvgIpc) is 2.92. The van der Waals surface area contributed by atoms with Gasteiger partial charge < -0.3 is 4.74 Å². The predicted molar refractivity (Wildman–Crippen MR) is 108 cm³/mol. The van der Waals surface area contributed by atoms with Gasteiger partial charge in [0.1, 0.15) is 5.82 Å². The number of hydrogen-bond acceptors (Lipinski definition) is 4. The molecule has 0 unspecified atom stereocenters. The zero-order valence-corrected chi connectivity index (χ0v) is 16.9. The standard InChI is InChI=1S/C21H19ClFNO3S/c1-2-27-13-3-12-24-20(25)18(14-4-8-16(23)9-5-14)19(21(24)26)28-17-10-6-15(22)7-11-17/h4-11H,2-3,12-13H2,1H3. The van der Waals surface area contributed by atoms with Crippen LogP contribution in [0.3, 0.4) is 0 Å². The Morgan fingerprint density at radius 2 is 1.71 bits per heavy atom. The van der Waals surface area contributed by atoms with E-state index in [0.29, 0.717) is 40.7 Å². The molecule has 0 N–H and O–H groups in total. The lowest BCUT2D eigenvalue weighted by Crippen LogP contribution is -2.33. The van der Waals surface area contributed by atoms with Gasteiger partial charge in [0.2, 0.25) is 0 Å². The summed E-state index contributed by atoms with van der Waals surface area (Å²) in [6, 6.07) is 12.6. The molecule has 0 radical (unpaired) electrons. The summed E-state index contributed by atoms with van der Waals surface area (Å²) in [6.45, 7) is 3.21. The number of imide groups is 1. The van der Waals surface area contributed by atoms with Gasteiger partial charge in [-0.25, -0.2) is 4.39 Å². The van der Waals surface area contributed by atoms with Crippen LogP contribution in [0.5, 0.6) is 0 Å². The van der Waals surface area contributed by atoms with Crippen LogP contribution in [0.1, 0.15) is 18.9 Å². The number of thioether (sulfide) groups is 1. The van der Waals surface area contributed by atoms with Crippen LogP contribution in [0.4, 0.5) is 4.39 Å². The number of benzene rings is 2. The first-order valence-corrected chi connectivity index (χ1v) is 10.1. The quantitative estimate of drug-likeness (QED) is 0.456. The van der Waals surface area contributed by atoms with Gasteiger partial charge in [-0.05, 0) is 55.3 Å². The summed E-state index contributed by atoms with van der Waals surface area (Å²) in [4.78, 5) is 28.3. The Bertz CT molecular complexity index is 897. The summed E-state index contributed by atoms with van der Waals surface area (Å²) in [5.74, 6) is -1.12. The first kappa shape index (κ1) is 20.6. The molecule has 0 bridgehead atoms. The maximum Gasteiger partial charge on any atom is 0.268 e. The van der Waals surface area contributed by atoms with Gasteiger partial charge >= 0.3 is 0 Å². The maximum atomic E-state index is 13.3. The lowest BCUT2D eigenvalue weighted by atomic mass is 10.1. The van der Waals surface area contributed by atoms with Gasteiger partial charge in [-0.15, -0.1) is 0 Å². The first-order chi connectivity index (χ1) is 13.5. The molecule has 7 heteroatoms. The van der Waals surface area contributed by atoms with Gasteiger partial charge in [-0.3, -0.25) is 14.5 Å². The number of ether oxygens (including phenoxy) is 1. The third kappa shape index (κ3) is 4.63. The Morgan fingerprint density at radius 1 is 1.04 bits per heavy atom. The SMILES string of the molecule is CCOCCCN1C(=O)C(Sc2ccc(Cl)cc2)=C(c2ccc(F)cc2)C1=O. The minimum Gasteiger partial charge on any atom is -0.382 e. The van der Waals surface area contributed by atoms with E-state index < -0.39 is 5.82 Å². The minimum atomic E-state index is -0.401. The Morgan fingerprint density at radius 3 is 2.36 bits per heavy atom. The van der Waals surface area contributed by atoms with E-state index in [1.165, 1.54) is 40.9 Å². The normalized spacial score (nSPS) is 14.3. The van der Waals surface area contributed by atoms with Gasteiger partial charge in [-0.2, -0.15) is 0 Å². The van der Waals surface area contributed by atoms with Gasteiger partial charge in [0.15, 0.2) is 0 Å². The van der Waals surface area contributed by atoms with Crippen LogP contribution in [0.15, 0.2) is 58.3 Å². The van der Waals surface area contributed by atoms with Crippen molar-refractivity contribution in [2.75, 3.05) is 19.8 Å². The molecule has 1 heterocycles. The number of halogens is 2. The Hall–Kier alpha value is -2.15. The number of rotatable bonds is 8. The molecule has 1 aliphatic rings. The highest BCUT2D eigenvalue weighted by Crippen LogP contribution is 2.40. The van der Waals surface area contributed by atoms with Crippen molar-refractivity contribution in [2.45, 2.75) is 18.2 Å². The van der Waals surface area contributed by atoms with Crippen molar-refractivity contribution in [3.63, 3.8) is 0 Å². The molecule has 0 fully saturated rings. The van der Waals surface area contributed by atoms with Crippen molar-refractivity contribution in [2.24, 2.45) is 0 Å². The van der Waals surface area contributed by atoms with E-state index in [0.717, 1.165) is 4.90 Å². The molecule has 0 aliphatic carbocycles. The summed E-state index contributed by atoms with van der Waals surface area (Å²) in [5.41, 5.74) is 0.810. The molecule has 0 saturated heterocycles. The maximum absolute atomic E-state index is 13.3. The largest absolute Gasteiger partial charge is 0.382 e. The first-order valence-electron chi connectivity index (χ1n) is 8.89. The number of hydrogen-bond donors (Lipinski definition) is 0. The van der Waals surface area contributed by atoms with Crippen LogP contribution in [-0.4, -0.2) is 36.5 Å². The van der Waals surface area contributed by atoms with Crippen molar-refractivity contribution in [3.8, 4) is 0 Å². The van der Waals surface area contributed by atoms with E-state index in [1.54, 1.807) is 24.3 Å². The second-order valence-electron chi connectivity index (χ2n) is 6.08.